The molecule has 0 bridgehead atoms. The second-order valence-electron chi connectivity index (χ2n) is 3.06. The van der Waals surface area contributed by atoms with E-state index in [9.17, 15) is 0 Å². The van der Waals surface area contributed by atoms with Crippen LogP contribution in [0.25, 0.3) is 16.5 Å². The maximum atomic E-state index is 2.17. The first-order valence-corrected chi connectivity index (χ1v) is 5.55. The highest BCUT2D eigenvalue weighted by molar-refractivity contribution is 7.13. The molecule has 14 heavy (non-hydrogen) atoms. The molecule has 0 fully saturated rings. The fraction of sp³-hybridized carbons (Fsp3) is 0.0769. The molecule has 1 aromatic carbocycles. The Hall–Kier alpha value is -1.34. The van der Waals surface area contributed by atoms with Gasteiger partial charge in [-0.3, -0.25) is 0 Å². The molecule has 0 amide bonds. The number of hydrogen-bond donors (Lipinski definition) is 0. The van der Waals surface area contributed by atoms with Crippen molar-refractivity contribution in [2.24, 2.45) is 0 Å². The van der Waals surface area contributed by atoms with Crippen LogP contribution >= 0.6 is 11.3 Å². The number of hydrogen-bond acceptors (Lipinski definition) is 1. The number of benzene rings is 1. The van der Waals surface area contributed by atoms with Gasteiger partial charge in [0, 0.05) is 4.88 Å². The van der Waals surface area contributed by atoms with E-state index in [1.54, 1.807) is 11.3 Å². The Bertz CT molecular complexity index is 424. The summed E-state index contributed by atoms with van der Waals surface area (Å²) in [7, 11) is 0. The van der Waals surface area contributed by atoms with E-state index in [1.165, 1.54) is 16.0 Å². The van der Waals surface area contributed by atoms with Crippen LogP contribution in [0, 0.1) is 0 Å². The summed E-state index contributed by atoms with van der Waals surface area (Å²) in [6, 6.07) is 12.7. The molecule has 2 aromatic rings. The Kier molecular flexibility index (Phi) is 2.80. The first-order chi connectivity index (χ1) is 6.92. The number of rotatable bonds is 2. The fourth-order valence-corrected chi connectivity index (χ4v) is 2.25. The Morgan fingerprint density at radius 3 is 2.64 bits per heavy atom. The molecule has 0 aliphatic rings. The zero-order valence-corrected chi connectivity index (χ0v) is 8.92. The lowest BCUT2D eigenvalue weighted by Gasteiger charge is -2.02. The third-order valence-electron chi connectivity index (χ3n) is 2.09. The molecule has 1 heterocycles. The lowest BCUT2D eigenvalue weighted by molar-refractivity contribution is 1.64. The Balaban J connectivity index is 2.52. The summed E-state index contributed by atoms with van der Waals surface area (Å²) >= 11 is 1.78. The molecule has 0 aliphatic carbocycles. The molecule has 70 valence electrons. The summed E-state index contributed by atoms with van der Waals surface area (Å²) in [6.45, 7) is 2.05. The zero-order valence-electron chi connectivity index (χ0n) is 8.10. The smallest absolute Gasteiger partial charge is 0.0348 e. The van der Waals surface area contributed by atoms with Crippen molar-refractivity contribution in [1.82, 2.24) is 0 Å². The minimum atomic E-state index is 1.29. The van der Waals surface area contributed by atoms with Gasteiger partial charge >= 0.3 is 0 Å². The largest absolute Gasteiger partial charge is 0.144 e. The predicted molar refractivity (Wildman–Crippen MR) is 64.5 cm³/mol. The predicted octanol–water partition coefficient (Wildman–Crippen LogP) is 4.45. The molecule has 2 rings (SSSR count). The molecule has 0 unspecified atom stereocenters. The van der Waals surface area contributed by atoms with E-state index < -0.39 is 0 Å². The van der Waals surface area contributed by atoms with Crippen LogP contribution in [0.4, 0.5) is 0 Å². The van der Waals surface area contributed by atoms with Gasteiger partial charge in [-0.2, -0.15) is 0 Å². The fourth-order valence-electron chi connectivity index (χ4n) is 1.48. The van der Waals surface area contributed by atoms with Crippen LogP contribution in [0.15, 0.2) is 47.9 Å². The Morgan fingerprint density at radius 1 is 1.07 bits per heavy atom. The van der Waals surface area contributed by atoms with E-state index in [1.807, 2.05) is 6.92 Å². The lowest BCUT2D eigenvalue weighted by Crippen LogP contribution is -1.78. The second-order valence-corrected chi connectivity index (χ2v) is 4.01. The summed E-state index contributed by atoms with van der Waals surface area (Å²) in [5.74, 6) is 0. The van der Waals surface area contributed by atoms with Gasteiger partial charge in [0.25, 0.3) is 0 Å². The van der Waals surface area contributed by atoms with Gasteiger partial charge in [0.05, 0.1) is 0 Å². The van der Waals surface area contributed by atoms with E-state index in [-0.39, 0.29) is 0 Å². The van der Waals surface area contributed by atoms with Crippen molar-refractivity contribution in [3.8, 4) is 10.4 Å². The van der Waals surface area contributed by atoms with Crippen LogP contribution in [-0.2, 0) is 0 Å². The normalized spacial score (nSPS) is 10.9. The maximum Gasteiger partial charge on any atom is 0.0348 e. The van der Waals surface area contributed by atoms with Gasteiger partial charge < -0.3 is 0 Å². The van der Waals surface area contributed by atoms with Gasteiger partial charge in [-0.05, 0) is 29.5 Å². The van der Waals surface area contributed by atoms with Gasteiger partial charge in [0.15, 0.2) is 0 Å². The molecule has 0 aliphatic heterocycles. The van der Waals surface area contributed by atoms with Crippen LogP contribution in [0.3, 0.4) is 0 Å². The van der Waals surface area contributed by atoms with E-state index >= 15 is 0 Å². The van der Waals surface area contributed by atoms with Crippen LogP contribution < -0.4 is 0 Å². The summed E-state index contributed by atoms with van der Waals surface area (Å²) in [5.41, 5.74) is 2.61. The van der Waals surface area contributed by atoms with E-state index in [2.05, 4.69) is 53.9 Å². The topological polar surface area (TPSA) is 0 Å². The van der Waals surface area contributed by atoms with Crippen LogP contribution in [0.2, 0.25) is 0 Å². The standard InChI is InChI=1S/C13H12S/c1-2-6-11-7-3-4-8-12(11)13-9-5-10-14-13/h2-10H,1H3/b6-2-. The highest BCUT2D eigenvalue weighted by atomic mass is 32.1. The van der Waals surface area contributed by atoms with Gasteiger partial charge in [-0.15, -0.1) is 11.3 Å². The van der Waals surface area contributed by atoms with Crippen molar-refractivity contribution >= 4 is 17.4 Å². The minimum absolute atomic E-state index is 1.29. The van der Waals surface area contributed by atoms with Crippen molar-refractivity contribution in [2.45, 2.75) is 6.92 Å². The first kappa shape index (κ1) is 9.22. The maximum absolute atomic E-state index is 2.17. The summed E-state index contributed by atoms with van der Waals surface area (Å²) in [6.07, 6.45) is 4.22. The summed E-state index contributed by atoms with van der Waals surface area (Å²) in [4.78, 5) is 1.33. The van der Waals surface area contributed by atoms with Crippen LogP contribution in [0.1, 0.15) is 12.5 Å². The van der Waals surface area contributed by atoms with E-state index in [0.717, 1.165) is 0 Å². The lowest BCUT2D eigenvalue weighted by atomic mass is 10.1. The number of thiophene rings is 1. The van der Waals surface area contributed by atoms with Crippen molar-refractivity contribution in [3.63, 3.8) is 0 Å². The van der Waals surface area contributed by atoms with Gasteiger partial charge in [0.2, 0.25) is 0 Å². The Labute approximate surface area is 88.5 Å². The molecular formula is C13H12S. The van der Waals surface area contributed by atoms with E-state index in [0.29, 0.717) is 0 Å². The molecule has 0 nitrogen and oxygen atoms in total. The summed E-state index contributed by atoms with van der Waals surface area (Å²) in [5, 5.41) is 2.11. The molecule has 0 N–H and O–H groups in total. The van der Waals surface area contributed by atoms with E-state index in [4.69, 9.17) is 0 Å². The molecule has 0 atom stereocenters. The molecule has 0 spiro atoms. The van der Waals surface area contributed by atoms with Crippen molar-refractivity contribution in [3.05, 3.63) is 53.4 Å². The molecule has 1 heteroatoms. The first-order valence-electron chi connectivity index (χ1n) is 4.67. The zero-order chi connectivity index (χ0) is 9.80. The van der Waals surface area contributed by atoms with Crippen LogP contribution in [0.5, 0.6) is 0 Å². The quantitative estimate of drug-likeness (QED) is 0.672. The molecular weight excluding hydrogens is 188 g/mol. The van der Waals surface area contributed by atoms with Crippen molar-refractivity contribution < 1.29 is 0 Å². The van der Waals surface area contributed by atoms with Gasteiger partial charge in [0.1, 0.15) is 0 Å². The minimum Gasteiger partial charge on any atom is -0.144 e. The highest BCUT2D eigenvalue weighted by Gasteiger charge is 2.01. The SMILES string of the molecule is C/C=C\c1ccccc1-c1cccs1. The third-order valence-corrected chi connectivity index (χ3v) is 3.00. The van der Waals surface area contributed by atoms with Crippen LogP contribution in [-0.4, -0.2) is 0 Å². The molecule has 1 aromatic heterocycles. The monoisotopic (exact) mass is 200 g/mol. The second kappa shape index (κ2) is 4.25. The van der Waals surface area contributed by atoms with Gasteiger partial charge in [-0.25, -0.2) is 0 Å². The Morgan fingerprint density at radius 2 is 1.93 bits per heavy atom. The van der Waals surface area contributed by atoms with Gasteiger partial charge in [-0.1, -0.05) is 42.5 Å². The third kappa shape index (κ3) is 1.78. The van der Waals surface area contributed by atoms with Crippen molar-refractivity contribution in [2.75, 3.05) is 0 Å². The highest BCUT2D eigenvalue weighted by Crippen LogP contribution is 2.28. The molecule has 0 saturated heterocycles. The summed E-state index contributed by atoms with van der Waals surface area (Å²) < 4.78 is 0. The average Bonchev–Trinajstić information content (AvgIpc) is 2.72. The average molecular weight is 200 g/mol. The molecule has 0 saturated carbocycles. The number of allylic oxidation sites excluding steroid dienone is 1. The van der Waals surface area contributed by atoms with Crippen molar-refractivity contribution in [1.29, 1.82) is 0 Å². The molecule has 0 radical (unpaired) electrons.